The van der Waals surface area contributed by atoms with Crippen molar-refractivity contribution in [2.75, 3.05) is 18.4 Å². The van der Waals surface area contributed by atoms with E-state index in [-0.39, 0.29) is 11.8 Å². The highest BCUT2D eigenvalue weighted by molar-refractivity contribution is 5.95. The number of aromatic nitrogens is 2. The van der Waals surface area contributed by atoms with E-state index < -0.39 is 0 Å². The standard InChI is InChI=1S/C23H31N5O/c24-16-10-23(11-16)12-22(13-23)8-15(9-22)21(29)26-17-1-2-18-19(7-17)28-20(27-18)14-3-5-25-6-4-14/h1-2,7,14-16,25H,3-6,8-13,24H2,(H,26,29)(H,27,28). The fourth-order valence-corrected chi connectivity index (χ4v) is 6.98. The zero-order valence-electron chi connectivity index (χ0n) is 17.0. The van der Waals surface area contributed by atoms with Crippen LogP contribution in [0.3, 0.4) is 0 Å². The molecule has 6 rings (SSSR count). The first-order chi connectivity index (χ1) is 14.0. The van der Waals surface area contributed by atoms with Crippen molar-refractivity contribution in [3.05, 3.63) is 24.0 Å². The van der Waals surface area contributed by atoms with Gasteiger partial charge in [-0.3, -0.25) is 4.79 Å². The van der Waals surface area contributed by atoms with Gasteiger partial charge in [-0.25, -0.2) is 4.98 Å². The van der Waals surface area contributed by atoms with Gasteiger partial charge < -0.3 is 21.4 Å². The number of amides is 1. The highest BCUT2D eigenvalue weighted by Gasteiger charge is 2.64. The molecule has 1 aromatic heterocycles. The van der Waals surface area contributed by atoms with E-state index in [0.717, 1.165) is 61.3 Å². The number of nitrogens with zero attached hydrogens (tertiary/aromatic N) is 1. The average molecular weight is 394 g/mol. The Bertz CT molecular complexity index is 937. The number of nitrogens with one attached hydrogen (secondary N) is 3. The van der Waals surface area contributed by atoms with Crippen molar-refractivity contribution < 1.29 is 4.79 Å². The summed E-state index contributed by atoms with van der Waals surface area (Å²) < 4.78 is 0. The number of carbonyl (C=O) groups excluding carboxylic acids is 1. The Labute approximate surface area is 171 Å². The van der Waals surface area contributed by atoms with Gasteiger partial charge in [0.1, 0.15) is 5.82 Å². The van der Waals surface area contributed by atoms with E-state index in [0.29, 0.717) is 22.8 Å². The van der Waals surface area contributed by atoms with Gasteiger partial charge in [0.2, 0.25) is 5.91 Å². The smallest absolute Gasteiger partial charge is 0.227 e. The molecule has 4 aliphatic rings. The predicted octanol–water partition coefficient (Wildman–Crippen LogP) is 3.27. The lowest BCUT2D eigenvalue weighted by molar-refractivity contribution is -0.173. The molecule has 3 saturated carbocycles. The maximum Gasteiger partial charge on any atom is 0.227 e. The number of aromatic amines is 1. The lowest BCUT2D eigenvalue weighted by Gasteiger charge is -2.68. The summed E-state index contributed by atoms with van der Waals surface area (Å²) >= 11 is 0. The van der Waals surface area contributed by atoms with Crippen LogP contribution in [0, 0.1) is 16.7 Å². The minimum atomic E-state index is 0.170. The van der Waals surface area contributed by atoms with Crippen LogP contribution in [-0.2, 0) is 4.79 Å². The molecule has 0 atom stereocenters. The molecule has 0 bridgehead atoms. The highest BCUT2D eigenvalue weighted by atomic mass is 16.1. The van der Waals surface area contributed by atoms with Gasteiger partial charge in [0, 0.05) is 23.6 Å². The molecule has 1 aliphatic heterocycles. The SMILES string of the molecule is NC1CC2(C1)CC1(CC(C(=O)Nc3ccc4nc(C5CCNCC5)[nH]c4c3)C1)C2. The fourth-order valence-electron chi connectivity index (χ4n) is 6.98. The van der Waals surface area contributed by atoms with Crippen LogP contribution < -0.4 is 16.4 Å². The van der Waals surface area contributed by atoms with Crippen LogP contribution in [0.5, 0.6) is 0 Å². The monoisotopic (exact) mass is 393 g/mol. The molecule has 2 spiro atoms. The second kappa shape index (κ2) is 6.29. The van der Waals surface area contributed by atoms with Crippen LogP contribution in [0.25, 0.3) is 11.0 Å². The lowest BCUT2D eigenvalue weighted by atomic mass is 9.37. The Balaban J connectivity index is 1.08. The molecule has 3 aliphatic carbocycles. The molecule has 4 fully saturated rings. The highest BCUT2D eigenvalue weighted by Crippen LogP contribution is 2.71. The molecule has 2 aromatic rings. The second-order valence-electron chi connectivity index (χ2n) is 10.5. The van der Waals surface area contributed by atoms with E-state index in [1.54, 1.807) is 0 Å². The summed E-state index contributed by atoms with van der Waals surface area (Å²) in [5.74, 6) is 1.94. The van der Waals surface area contributed by atoms with E-state index in [2.05, 4.69) is 15.6 Å². The number of H-pyrrole nitrogens is 1. The number of benzene rings is 1. The molecule has 0 unspecified atom stereocenters. The van der Waals surface area contributed by atoms with Gasteiger partial charge in [0.05, 0.1) is 11.0 Å². The zero-order valence-corrected chi connectivity index (χ0v) is 17.0. The summed E-state index contributed by atoms with van der Waals surface area (Å²) in [4.78, 5) is 21.0. The Morgan fingerprint density at radius 2 is 1.83 bits per heavy atom. The number of imidazole rings is 1. The Morgan fingerprint density at radius 1 is 1.10 bits per heavy atom. The van der Waals surface area contributed by atoms with Crippen molar-refractivity contribution in [3.8, 4) is 0 Å². The number of rotatable bonds is 3. The molecule has 2 heterocycles. The zero-order chi connectivity index (χ0) is 19.6. The van der Waals surface area contributed by atoms with Gasteiger partial charge in [-0.1, -0.05) is 0 Å². The summed E-state index contributed by atoms with van der Waals surface area (Å²) in [6.45, 7) is 2.11. The molecule has 154 valence electrons. The number of hydrogen-bond donors (Lipinski definition) is 4. The van der Waals surface area contributed by atoms with Crippen LogP contribution in [0.4, 0.5) is 5.69 Å². The molecule has 1 saturated heterocycles. The molecule has 1 amide bonds. The van der Waals surface area contributed by atoms with Gasteiger partial charge in [-0.15, -0.1) is 0 Å². The van der Waals surface area contributed by atoms with E-state index in [1.165, 1.54) is 25.7 Å². The molecule has 6 heteroatoms. The predicted molar refractivity (Wildman–Crippen MR) is 114 cm³/mol. The molecular weight excluding hydrogens is 362 g/mol. The van der Waals surface area contributed by atoms with Crippen LogP contribution in [0.2, 0.25) is 0 Å². The summed E-state index contributed by atoms with van der Waals surface area (Å²) in [6, 6.07) is 6.46. The largest absolute Gasteiger partial charge is 0.342 e. The molecular formula is C23H31N5O. The fraction of sp³-hybridized carbons (Fsp3) is 0.652. The summed E-state index contributed by atoms with van der Waals surface area (Å²) in [7, 11) is 0. The molecule has 0 radical (unpaired) electrons. The normalized spacial score (nSPS) is 36.6. The third kappa shape index (κ3) is 2.99. The summed E-state index contributed by atoms with van der Waals surface area (Å²) in [5.41, 5.74) is 9.87. The van der Waals surface area contributed by atoms with Gasteiger partial charge in [-0.05, 0) is 93.5 Å². The minimum absolute atomic E-state index is 0.170. The van der Waals surface area contributed by atoms with Crippen molar-refractivity contribution in [2.24, 2.45) is 22.5 Å². The minimum Gasteiger partial charge on any atom is -0.342 e. The third-order valence-electron chi connectivity index (χ3n) is 8.11. The van der Waals surface area contributed by atoms with Crippen molar-refractivity contribution >= 4 is 22.6 Å². The molecule has 5 N–H and O–H groups in total. The first kappa shape index (κ1) is 17.9. The summed E-state index contributed by atoms with van der Waals surface area (Å²) in [6.07, 6.45) is 9.38. The van der Waals surface area contributed by atoms with E-state index in [1.807, 2.05) is 18.2 Å². The van der Waals surface area contributed by atoms with E-state index >= 15 is 0 Å². The molecule has 29 heavy (non-hydrogen) atoms. The van der Waals surface area contributed by atoms with Crippen molar-refractivity contribution in [2.45, 2.75) is 63.3 Å². The van der Waals surface area contributed by atoms with Gasteiger partial charge >= 0.3 is 0 Å². The van der Waals surface area contributed by atoms with Crippen LogP contribution >= 0.6 is 0 Å². The first-order valence-corrected chi connectivity index (χ1v) is 11.3. The van der Waals surface area contributed by atoms with Gasteiger partial charge in [0.25, 0.3) is 0 Å². The molecule has 1 aromatic carbocycles. The number of fused-ring (bicyclic) bond motifs is 1. The maximum atomic E-state index is 12.7. The summed E-state index contributed by atoms with van der Waals surface area (Å²) in [5, 5.41) is 6.55. The van der Waals surface area contributed by atoms with E-state index in [9.17, 15) is 4.79 Å². The van der Waals surface area contributed by atoms with Crippen LogP contribution in [0.15, 0.2) is 18.2 Å². The second-order valence-corrected chi connectivity index (χ2v) is 10.5. The first-order valence-electron chi connectivity index (χ1n) is 11.3. The third-order valence-corrected chi connectivity index (χ3v) is 8.11. The van der Waals surface area contributed by atoms with Gasteiger partial charge in [0.15, 0.2) is 0 Å². The Kier molecular flexibility index (Phi) is 3.88. The number of carbonyl (C=O) groups is 1. The number of piperidine rings is 1. The van der Waals surface area contributed by atoms with Crippen molar-refractivity contribution in [1.82, 2.24) is 15.3 Å². The van der Waals surface area contributed by atoms with Crippen molar-refractivity contribution in [3.63, 3.8) is 0 Å². The van der Waals surface area contributed by atoms with E-state index in [4.69, 9.17) is 10.7 Å². The van der Waals surface area contributed by atoms with Crippen LogP contribution in [0.1, 0.15) is 63.1 Å². The average Bonchev–Trinajstić information content (AvgIpc) is 3.05. The maximum absolute atomic E-state index is 12.7. The Morgan fingerprint density at radius 3 is 2.55 bits per heavy atom. The number of anilines is 1. The quantitative estimate of drug-likeness (QED) is 0.644. The van der Waals surface area contributed by atoms with Crippen molar-refractivity contribution in [1.29, 1.82) is 0 Å². The number of nitrogens with two attached hydrogens (primary N) is 1. The Hall–Kier alpha value is -1.92. The lowest BCUT2D eigenvalue weighted by Crippen LogP contribution is -2.62. The topological polar surface area (TPSA) is 95.8 Å². The van der Waals surface area contributed by atoms with Crippen LogP contribution in [-0.4, -0.2) is 35.0 Å². The molecule has 6 nitrogen and oxygen atoms in total. The van der Waals surface area contributed by atoms with Gasteiger partial charge in [-0.2, -0.15) is 0 Å². The number of hydrogen-bond acceptors (Lipinski definition) is 4.